The molecule has 0 amide bonds. The third-order valence-corrected chi connectivity index (χ3v) is 8.05. The summed E-state index contributed by atoms with van der Waals surface area (Å²) in [6, 6.07) is 46.4. The van der Waals surface area contributed by atoms with E-state index < -0.39 is 5.60 Å². The number of para-hydroxylation sites is 6. The molecule has 0 atom stereocenters. The Labute approximate surface area is 247 Å². The lowest BCUT2D eigenvalue weighted by Crippen LogP contribution is -2.34. The van der Waals surface area contributed by atoms with E-state index in [1.807, 2.05) is 133 Å². The highest BCUT2D eigenvalue weighted by Crippen LogP contribution is 2.54. The summed E-state index contributed by atoms with van der Waals surface area (Å²) in [6.45, 7) is 0. The molecular weight excluding hydrogens is 536 g/mol. The fourth-order valence-corrected chi connectivity index (χ4v) is 6.19. The van der Waals surface area contributed by atoms with Crippen molar-refractivity contribution >= 4 is 21.9 Å². The first-order chi connectivity index (χ1) is 21.3. The van der Waals surface area contributed by atoms with Crippen LogP contribution in [-0.4, -0.2) is 0 Å². The van der Waals surface area contributed by atoms with Crippen LogP contribution in [0.15, 0.2) is 150 Å². The zero-order chi connectivity index (χ0) is 28.8. The summed E-state index contributed by atoms with van der Waals surface area (Å²) in [7, 11) is 0. The van der Waals surface area contributed by atoms with Crippen molar-refractivity contribution in [2.75, 3.05) is 0 Å². The SMILES string of the molecule is [O]OC1(c2ccccc2Oc2ccccc2-c2c3ccccc3[o+]c3ccccc23)c2ccccc2Oc2ccccc21. The summed E-state index contributed by atoms with van der Waals surface area (Å²) in [5.74, 6) is 2.23. The zero-order valence-corrected chi connectivity index (χ0v) is 22.9. The van der Waals surface area contributed by atoms with Gasteiger partial charge in [0.1, 0.15) is 23.0 Å². The molecule has 5 heteroatoms. The van der Waals surface area contributed by atoms with E-state index in [2.05, 4.69) is 12.1 Å². The van der Waals surface area contributed by atoms with Crippen LogP contribution in [0.4, 0.5) is 0 Å². The third-order valence-electron chi connectivity index (χ3n) is 8.05. The van der Waals surface area contributed by atoms with Crippen molar-refractivity contribution in [3.63, 3.8) is 0 Å². The Morgan fingerprint density at radius 3 is 1.63 bits per heavy atom. The van der Waals surface area contributed by atoms with Gasteiger partial charge in [0.25, 0.3) is 0 Å². The Balaban J connectivity index is 1.35. The van der Waals surface area contributed by atoms with Crippen LogP contribution in [0.25, 0.3) is 33.1 Å². The van der Waals surface area contributed by atoms with Crippen molar-refractivity contribution in [2.45, 2.75) is 5.60 Å². The summed E-state index contributed by atoms with van der Waals surface area (Å²) >= 11 is 0. The maximum atomic E-state index is 13.1. The Bertz CT molecular complexity index is 2050. The molecule has 0 aliphatic carbocycles. The van der Waals surface area contributed by atoms with Gasteiger partial charge in [-0.3, -0.25) is 0 Å². The van der Waals surface area contributed by atoms with Gasteiger partial charge in [-0.25, -0.2) is 4.42 Å². The van der Waals surface area contributed by atoms with E-state index in [4.69, 9.17) is 18.8 Å². The molecule has 1 aliphatic heterocycles. The van der Waals surface area contributed by atoms with Crippen molar-refractivity contribution in [2.24, 2.45) is 0 Å². The van der Waals surface area contributed by atoms with Gasteiger partial charge in [0, 0.05) is 39.9 Å². The van der Waals surface area contributed by atoms with Gasteiger partial charge in [-0.15, -0.1) is 0 Å². The highest BCUT2D eigenvalue weighted by Gasteiger charge is 2.48. The molecule has 8 rings (SSSR count). The fraction of sp³-hybridized carbons (Fsp3) is 0.0263. The van der Waals surface area contributed by atoms with Gasteiger partial charge in [0.2, 0.25) is 0 Å². The van der Waals surface area contributed by atoms with Crippen molar-refractivity contribution < 1.29 is 24.0 Å². The monoisotopic (exact) mass is 560 g/mol. The van der Waals surface area contributed by atoms with E-state index in [1.165, 1.54) is 0 Å². The lowest BCUT2D eigenvalue weighted by molar-refractivity contribution is -0.357. The van der Waals surface area contributed by atoms with Crippen LogP contribution in [0.3, 0.4) is 0 Å². The van der Waals surface area contributed by atoms with Gasteiger partial charge < -0.3 is 9.47 Å². The highest BCUT2D eigenvalue weighted by atomic mass is 17.1. The molecule has 0 saturated heterocycles. The molecule has 1 aliphatic rings. The molecule has 43 heavy (non-hydrogen) atoms. The largest absolute Gasteiger partial charge is 0.457 e. The van der Waals surface area contributed by atoms with Crippen LogP contribution >= 0.6 is 0 Å². The smallest absolute Gasteiger partial charge is 0.361 e. The van der Waals surface area contributed by atoms with Crippen LogP contribution in [0.1, 0.15) is 16.7 Å². The maximum absolute atomic E-state index is 13.1. The first kappa shape index (κ1) is 25.2. The molecular formula is C38H24O5+. The zero-order valence-electron chi connectivity index (χ0n) is 22.9. The summed E-state index contributed by atoms with van der Waals surface area (Å²) in [5.41, 5.74) is 3.72. The molecule has 6 aromatic carbocycles. The van der Waals surface area contributed by atoms with Gasteiger partial charge in [-0.05, 0) is 41.7 Å². The van der Waals surface area contributed by atoms with Crippen LogP contribution in [0.5, 0.6) is 23.0 Å². The van der Waals surface area contributed by atoms with Crippen molar-refractivity contribution in [3.05, 3.63) is 162 Å². The molecule has 0 N–H and O–H groups in total. The van der Waals surface area contributed by atoms with Gasteiger partial charge >= 0.3 is 11.2 Å². The normalized spacial score (nSPS) is 13.2. The summed E-state index contributed by atoms with van der Waals surface area (Å²) in [4.78, 5) is 5.30. The first-order valence-corrected chi connectivity index (χ1v) is 14.1. The number of rotatable bonds is 5. The lowest BCUT2D eigenvalue weighted by Gasteiger charge is -2.37. The number of ether oxygens (including phenoxy) is 2. The Morgan fingerprint density at radius 2 is 1.00 bits per heavy atom. The Hall–Kier alpha value is -5.49. The molecule has 0 bridgehead atoms. The summed E-state index contributed by atoms with van der Waals surface area (Å²) in [6.07, 6.45) is 0. The Morgan fingerprint density at radius 1 is 0.512 bits per heavy atom. The molecule has 2 heterocycles. The molecule has 0 fully saturated rings. The molecule has 1 aromatic heterocycles. The van der Waals surface area contributed by atoms with E-state index in [0.717, 1.165) is 33.1 Å². The number of fused-ring (bicyclic) bond motifs is 4. The maximum Gasteiger partial charge on any atom is 0.361 e. The van der Waals surface area contributed by atoms with Crippen LogP contribution in [0.2, 0.25) is 0 Å². The van der Waals surface area contributed by atoms with E-state index in [-0.39, 0.29) is 0 Å². The topological polar surface area (TPSA) is 58.9 Å². The van der Waals surface area contributed by atoms with Crippen LogP contribution in [-0.2, 0) is 15.7 Å². The van der Waals surface area contributed by atoms with Crippen LogP contribution in [0, 0.1) is 0 Å². The number of hydrogen-bond acceptors (Lipinski definition) is 3. The molecule has 0 unspecified atom stereocenters. The standard InChI is InChI=1S/C38H24O5/c39-43-38(29-17-5-11-23-35(29)42-36-24-12-6-18-30(36)38)28-16-4-10-22-34(28)41-33-21-9-3-15-27(33)37-25-13-1-7-19-31(25)40-32-20-8-2-14-26(32)37/h1-24H/q+1. The van der Waals surface area contributed by atoms with E-state index in [1.54, 1.807) is 0 Å². The van der Waals surface area contributed by atoms with Gasteiger partial charge in [-0.1, -0.05) is 97.1 Å². The Kier molecular flexibility index (Phi) is 5.93. The van der Waals surface area contributed by atoms with E-state index in [9.17, 15) is 5.26 Å². The molecule has 0 spiro atoms. The van der Waals surface area contributed by atoms with Gasteiger partial charge in [0.15, 0.2) is 5.60 Å². The van der Waals surface area contributed by atoms with Crippen molar-refractivity contribution in [3.8, 4) is 34.1 Å². The second-order valence-electron chi connectivity index (χ2n) is 10.4. The summed E-state index contributed by atoms with van der Waals surface area (Å²) < 4.78 is 19.3. The van der Waals surface area contributed by atoms with E-state index >= 15 is 0 Å². The number of hydrogen-bond donors (Lipinski definition) is 0. The first-order valence-electron chi connectivity index (χ1n) is 14.1. The quantitative estimate of drug-likeness (QED) is 0.0910. The molecule has 1 radical (unpaired) electrons. The van der Waals surface area contributed by atoms with Gasteiger partial charge in [0.05, 0.1) is 10.8 Å². The fourth-order valence-electron chi connectivity index (χ4n) is 6.19. The highest BCUT2D eigenvalue weighted by molar-refractivity contribution is 6.09. The predicted octanol–water partition coefficient (Wildman–Crippen LogP) is 10.1. The molecule has 0 saturated carbocycles. The third kappa shape index (κ3) is 3.91. The summed E-state index contributed by atoms with van der Waals surface area (Å²) in [5, 5.41) is 15.0. The lowest BCUT2D eigenvalue weighted by atomic mass is 9.77. The van der Waals surface area contributed by atoms with E-state index in [0.29, 0.717) is 39.7 Å². The minimum atomic E-state index is -1.51. The second-order valence-corrected chi connectivity index (χ2v) is 10.4. The average molecular weight is 561 g/mol. The molecule has 5 nitrogen and oxygen atoms in total. The predicted molar refractivity (Wildman–Crippen MR) is 165 cm³/mol. The molecule has 205 valence electrons. The molecule has 7 aromatic rings. The minimum absolute atomic E-state index is 0.492. The van der Waals surface area contributed by atoms with Crippen molar-refractivity contribution in [1.82, 2.24) is 0 Å². The minimum Gasteiger partial charge on any atom is -0.457 e. The number of benzene rings is 6. The van der Waals surface area contributed by atoms with Crippen LogP contribution < -0.4 is 9.47 Å². The van der Waals surface area contributed by atoms with Crippen molar-refractivity contribution in [1.29, 1.82) is 0 Å². The second kappa shape index (κ2) is 10.1. The average Bonchev–Trinajstić information content (AvgIpc) is 3.07. The van der Waals surface area contributed by atoms with Gasteiger partial charge in [-0.2, -0.15) is 4.89 Å².